The average molecular weight is 386 g/mol. The zero-order valence-electron chi connectivity index (χ0n) is 15.0. The first-order valence-electron chi connectivity index (χ1n) is 8.44. The Labute approximate surface area is 161 Å². The molecule has 0 aliphatic heterocycles. The van der Waals surface area contributed by atoms with Crippen molar-refractivity contribution in [2.75, 3.05) is 12.4 Å². The first-order chi connectivity index (χ1) is 12.7. The Morgan fingerprint density at radius 1 is 1.22 bits per heavy atom. The molecule has 0 saturated heterocycles. The van der Waals surface area contributed by atoms with E-state index in [1.165, 1.54) is 6.33 Å². The predicted octanol–water partition coefficient (Wildman–Crippen LogP) is 3.34. The second-order valence-electron chi connectivity index (χ2n) is 5.95. The predicted molar refractivity (Wildman–Crippen MR) is 109 cm³/mol. The minimum atomic E-state index is -0.116. The first kappa shape index (κ1) is 18.7. The van der Waals surface area contributed by atoms with Gasteiger partial charge in [0.05, 0.1) is 23.7 Å². The molecular weight excluding hydrogens is 366 g/mol. The fourth-order valence-electron chi connectivity index (χ4n) is 3.19. The van der Waals surface area contributed by atoms with Crippen molar-refractivity contribution >= 4 is 40.2 Å². The molecule has 2 aromatic heterocycles. The minimum Gasteiger partial charge on any atom is -0.496 e. The van der Waals surface area contributed by atoms with Crippen LogP contribution in [0.2, 0.25) is 0 Å². The lowest BCUT2D eigenvalue weighted by atomic mass is 10.2. The molecule has 140 valence electrons. The van der Waals surface area contributed by atoms with Gasteiger partial charge < -0.3 is 15.0 Å². The van der Waals surface area contributed by atoms with E-state index in [4.69, 9.17) is 4.74 Å². The largest absolute Gasteiger partial charge is 0.496 e. The maximum Gasteiger partial charge on any atom is 0.326 e. The number of anilines is 1. The Morgan fingerprint density at radius 2 is 2.04 bits per heavy atom. The normalized spacial score (nSPS) is 10.7. The number of nitrogens with one attached hydrogen (secondary N) is 2. The number of hydrogen-bond donors (Lipinski definition) is 2. The number of imidazole rings is 1. The molecule has 0 unspecified atom stereocenters. The number of benzene rings is 2. The van der Waals surface area contributed by atoms with Gasteiger partial charge in [-0.2, -0.15) is 0 Å². The lowest BCUT2D eigenvalue weighted by molar-refractivity contribution is 0.410. The number of ether oxygens (including phenoxy) is 1. The number of rotatable bonds is 5. The van der Waals surface area contributed by atoms with Crippen LogP contribution in [0, 0.1) is 0 Å². The number of hydrogen-bond acceptors (Lipinski definition) is 5. The molecule has 8 heteroatoms. The summed E-state index contributed by atoms with van der Waals surface area (Å²) in [5.74, 6) is 1.54. The van der Waals surface area contributed by atoms with Crippen molar-refractivity contribution in [2.45, 2.75) is 20.0 Å². The average Bonchev–Trinajstić information content (AvgIpc) is 2.98. The monoisotopic (exact) mass is 385 g/mol. The van der Waals surface area contributed by atoms with E-state index in [-0.39, 0.29) is 18.1 Å². The van der Waals surface area contributed by atoms with E-state index in [0.717, 1.165) is 33.2 Å². The van der Waals surface area contributed by atoms with Crippen LogP contribution in [0.15, 0.2) is 47.5 Å². The molecule has 0 radical (unpaired) electrons. The zero-order chi connectivity index (χ0) is 18.1. The van der Waals surface area contributed by atoms with Crippen LogP contribution in [0.4, 0.5) is 5.82 Å². The van der Waals surface area contributed by atoms with Crippen molar-refractivity contribution in [3.8, 4) is 5.75 Å². The van der Waals surface area contributed by atoms with Crippen LogP contribution in [-0.4, -0.2) is 26.6 Å². The topological polar surface area (TPSA) is 84.8 Å². The number of aromatic nitrogens is 4. The molecule has 0 spiro atoms. The van der Waals surface area contributed by atoms with Gasteiger partial charge in [-0.3, -0.25) is 4.57 Å². The maximum absolute atomic E-state index is 12.1. The Bertz CT molecular complexity index is 1150. The zero-order valence-corrected chi connectivity index (χ0v) is 15.8. The van der Waals surface area contributed by atoms with Crippen LogP contribution < -0.4 is 15.7 Å². The highest BCUT2D eigenvalue weighted by molar-refractivity contribution is 5.98. The van der Waals surface area contributed by atoms with Crippen LogP contribution >= 0.6 is 12.4 Å². The lowest BCUT2D eigenvalue weighted by Gasteiger charge is -2.11. The van der Waals surface area contributed by atoms with E-state index in [9.17, 15) is 4.79 Å². The number of halogens is 1. The number of H-pyrrole nitrogens is 1. The highest BCUT2D eigenvalue weighted by Gasteiger charge is 2.11. The van der Waals surface area contributed by atoms with Gasteiger partial charge in [-0.15, -0.1) is 12.4 Å². The molecule has 4 aromatic rings. The summed E-state index contributed by atoms with van der Waals surface area (Å²) in [6.07, 6.45) is 1.53. The molecule has 2 heterocycles. The number of fused-ring (bicyclic) bond motifs is 2. The number of para-hydroxylation sites is 1. The third-order valence-electron chi connectivity index (χ3n) is 4.49. The molecule has 0 saturated carbocycles. The molecule has 0 bridgehead atoms. The van der Waals surface area contributed by atoms with Crippen molar-refractivity contribution < 1.29 is 4.74 Å². The fraction of sp³-hybridized carbons (Fsp3) is 0.211. The first-order valence-corrected chi connectivity index (χ1v) is 8.44. The Morgan fingerprint density at radius 3 is 2.81 bits per heavy atom. The second kappa shape index (κ2) is 7.67. The van der Waals surface area contributed by atoms with Crippen molar-refractivity contribution in [1.29, 1.82) is 0 Å². The summed E-state index contributed by atoms with van der Waals surface area (Å²) in [4.78, 5) is 23.7. The molecule has 2 N–H and O–H groups in total. The maximum atomic E-state index is 12.1. The van der Waals surface area contributed by atoms with Gasteiger partial charge in [-0.05, 0) is 25.1 Å². The standard InChI is InChI=1S/C19H19N5O2.ClH/c1-3-24-16-9-14-13(8-15(16)23-19(24)25)18(22-11-21-14)20-10-12-6-4-5-7-17(12)26-2;/h4-9,11H,3,10H2,1-2H3,(H,23,25)(H,20,21,22);1H. The number of aromatic amines is 1. The highest BCUT2D eigenvalue weighted by atomic mass is 35.5. The van der Waals surface area contributed by atoms with E-state index in [1.54, 1.807) is 11.7 Å². The van der Waals surface area contributed by atoms with Crippen LogP contribution in [0.1, 0.15) is 12.5 Å². The molecule has 0 aliphatic rings. The van der Waals surface area contributed by atoms with Gasteiger partial charge in [0, 0.05) is 24.0 Å². The summed E-state index contributed by atoms with van der Waals surface area (Å²) in [5, 5.41) is 4.21. The van der Waals surface area contributed by atoms with Crippen LogP contribution in [0.3, 0.4) is 0 Å². The van der Waals surface area contributed by atoms with Crippen LogP contribution in [-0.2, 0) is 13.1 Å². The lowest BCUT2D eigenvalue weighted by Crippen LogP contribution is -2.14. The Hall–Kier alpha value is -3.06. The van der Waals surface area contributed by atoms with Gasteiger partial charge in [-0.25, -0.2) is 14.8 Å². The molecule has 0 atom stereocenters. The van der Waals surface area contributed by atoms with Crippen molar-refractivity contribution in [3.05, 3.63) is 58.8 Å². The fourth-order valence-corrected chi connectivity index (χ4v) is 3.19. The molecule has 0 aliphatic carbocycles. The molecular formula is C19H20ClN5O2. The summed E-state index contributed by atoms with van der Waals surface area (Å²) < 4.78 is 7.09. The summed E-state index contributed by atoms with van der Waals surface area (Å²) in [7, 11) is 1.66. The van der Waals surface area contributed by atoms with Gasteiger partial charge in [0.1, 0.15) is 17.9 Å². The Balaban J connectivity index is 0.00000210. The van der Waals surface area contributed by atoms with Gasteiger partial charge in [0.2, 0.25) is 0 Å². The molecule has 2 aromatic carbocycles. The molecule has 7 nitrogen and oxygen atoms in total. The molecule has 27 heavy (non-hydrogen) atoms. The summed E-state index contributed by atoms with van der Waals surface area (Å²) in [5.41, 5.74) is 3.33. The SMILES string of the molecule is CCn1c(=O)[nH]c2cc3c(NCc4ccccc4OC)ncnc3cc21.Cl. The van der Waals surface area contributed by atoms with Gasteiger partial charge in [0.25, 0.3) is 0 Å². The van der Waals surface area contributed by atoms with Crippen molar-refractivity contribution in [2.24, 2.45) is 0 Å². The third kappa shape index (κ3) is 3.33. The number of aryl methyl sites for hydroxylation is 1. The van der Waals surface area contributed by atoms with Crippen molar-refractivity contribution in [1.82, 2.24) is 19.5 Å². The van der Waals surface area contributed by atoms with Crippen LogP contribution in [0.5, 0.6) is 5.75 Å². The molecule has 0 amide bonds. The number of methoxy groups -OCH3 is 1. The summed E-state index contributed by atoms with van der Waals surface area (Å²) in [6, 6.07) is 11.7. The van der Waals surface area contributed by atoms with Crippen molar-refractivity contribution in [3.63, 3.8) is 0 Å². The Kier molecular flexibility index (Phi) is 5.32. The molecule has 4 rings (SSSR count). The third-order valence-corrected chi connectivity index (χ3v) is 4.49. The van der Waals surface area contributed by atoms with E-state index >= 15 is 0 Å². The van der Waals surface area contributed by atoms with E-state index in [0.29, 0.717) is 18.9 Å². The number of nitrogens with zero attached hydrogens (tertiary/aromatic N) is 3. The highest BCUT2D eigenvalue weighted by Crippen LogP contribution is 2.25. The summed E-state index contributed by atoms with van der Waals surface area (Å²) >= 11 is 0. The van der Waals surface area contributed by atoms with Gasteiger partial charge in [-0.1, -0.05) is 18.2 Å². The van der Waals surface area contributed by atoms with Gasteiger partial charge in [0.15, 0.2) is 0 Å². The van der Waals surface area contributed by atoms with E-state index in [2.05, 4.69) is 20.3 Å². The smallest absolute Gasteiger partial charge is 0.326 e. The van der Waals surface area contributed by atoms with E-state index in [1.807, 2.05) is 43.3 Å². The van der Waals surface area contributed by atoms with Crippen LogP contribution in [0.25, 0.3) is 21.9 Å². The summed E-state index contributed by atoms with van der Waals surface area (Å²) in [6.45, 7) is 3.12. The quantitative estimate of drug-likeness (QED) is 0.550. The van der Waals surface area contributed by atoms with E-state index < -0.39 is 0 Å². The minimum absolute atomic E-state index is 0. The van der Waals surface area contributed by atoms with Gasteiger partial charge >= 0.3 is 5.69 Å². The second-order valence-corrected chi connectivity index (χ2v) is 5.95. The molecule has 0 fully saturated rings.